The van der Waals surface area contributed by atoms with E-state index in [1.54, 1.807) is 0 Å². The van der Waals surface area contributed by atoms with Gasteiger partial charge in [-0.3, -0.25) is 4.79 Å². The highest BCUT2D eigenvalue weighted by molar-refractivity contribution is 14.1. The third-order valence-corrected chi connectivity index (χ3v) is 4.01. The minimum Gasteiger partial charge on any atom is -0.493 e. The second-order valence-electron chi connectivity index (χ2n) is 4.43. The number of hydrogen-bond acceptors (Lipinski definition) is 2. The molecule has 0 atom stereocenters. The van der Waals surface area contributed by atoms with Crippen LogP contribution in [0.5, 0.6) is 5.75 Å². The van der Waals surface area contributed by atoms with Crippen LogP contribution in [-0.4, -0.2) is 30.5 Å². The maximum atomic E-state index is 12.3. The molecular weight excluding hydrogens is 341 g/mol. The lowest BCUT2D eigenvalue weighted by Gasteiger charge is -2.26. The van der Waals surface area contributed by atoms with Crippen LogP contribution in [0.25, 0.3) is 0 Å². The van der Waals surface area contributed by atoms with Gasteiger partial charge in [-0.1, -0.05) is 0 Å². The zero-order valence-corrected chi connectivity index (χ0v) is 12.8. The molecule has 1 heterocycles. The number of halogens is 1. The Bertz CT molecular complexity index is 428. The largest absolute Gasteiger partial charge is 0.493 e. The number of rotatable bonds is 3. The molecular formula is C14H18INO2. The number of likely N-dealkylation sites (tertiary alicyclic amines) is 1. The molecule has 18 heavy (non-hydrogen) atoms. The summed E-state index contributed by atoms with van der Waals surface area (Å²) in [5.74, 6) is 0.938. The number of ether oxygens (including phenoxy) is 1. The number of amides is 1. The summed E-state index contributed by atoms with van der Waals surface area (Å²) in [5, 5.41) is 0. The highest BCUT2D eigenvalue weighted by Crippen LogP contribution is 2.23. The van der Waals surface area contributed by atoms with Crippen LogP contribution in [0.1, 0.15) is 36.5 Å². The van der Waals surface area contributed by atoms with Crippen molar-refractivity contribution in [3.63, 3.8) is 0 Å². The number of carbonyl (C=O) groups is 1. The first kappa shape index (κ1) is 13.6. The van der Waals surface area contributed by atoms with Gasteiger partial charge in [-0.25, -0.2) is 0 Å². The summed E-state index contributed by atoms with van der Waals surface area (Å²) in [4.78, 5) is 14.3. The Kier molecular flexibility index (Phi) is 4.86. The molecule has 0 spiro atoms. The van der Waals surface area contributed by atoms with E-state index in [2.05, 4.69) is 22.6 Å². The van der Waals surface area contributed by atoms with Gasteiger partial charge in [0, 0.05) is 18.7 Å². The van der Waals surface area contributed by atoms with Crippen LogP contribution in [0.2, 0.25) is 0 Å². The molecule has 0 aromatic heterocycles. The zero-order chi connectivity index (χ0) is 13.0. The monoisotopic (exact) mass is 359 g/mol. The van der Waals surface area contributed by atoms with Gasteiger partial charge in [-0.15, -0.1) is 0 Å². The molecule has 1 saturated heterocycles. The number of carbonyl (C=O) groups excluding carboxylic acids is 1. The molecule has 1 aliphatic heterocycles. The summed E-state index contributed by atoms with van der Waals surface area (Å²) < 4.78 is 6.58. The van der Waals surface area contributed by atoms with Crippen molar-refractivity contribution in [2.24, 2.45) is 0 Å². The van der Waals surface area contributed by atoms with Crippen molar-refractivity contribution in [2.75, 3.05) is 19.7 Å². The van der Waals surface area contributed by atoms with Crippen LogP contribution >= 0.6 is 22.6 Å². The van der Waals surface area contributed by atoms with Gasteiger partial charge in [0.2, 0.25) is 0 Å². The van der Waals surface area contributed by atoms with Gasteiger partial charge in [0.05, 0.1) is 10.2 Å². The fraction of sp³-hybridized carbons (Fsp3) is 0.500. The van der Waals surface area contributed by atoms with Crippen molar-refractivity contribution < 1.29 is 9.53 Å². The van der Waals surface area contributed by atoms with Crippen LogP contribution in [0.3, 0.4) is 0 Å². The lowest BCUT2D eigenvalue weighted by molar-refractivity contribution is 0.0724. The molecule has 98 valence electrons. The van der Waals surface area contributed by atoms with E-state index in [-0.39, 0.29) is 5.91 Å². The average Bonchev–Trinajstić information content (AvgIpc) is 2.42. The number of nitrogens with zero attached hydrogens (tertiary/aromatic N) is 1. The van der Waals surface area contributed by atoms with Gasteiger partial charge in [-0.2, -0.15) is 0 Å². The SMILES string of the molecule is CCOc1cc(C(=O)N2CCCCC2)ccc1I. The van der Waals surface area contributed by atoms with E-state index in [4.69, 9.17) is 4.74 Å². The maximum absolute atomic E-state index is 12.3. The lowest BCUT2D eigenvalue weighted by atomic mass is 10.1. The quantitative estimate of drug-likeness (QED) is 0.775. The first-order valence-corrected chi connectivity index (χ1v) is 7.52. The Morgan fingerprint density at radius 3 is 2.72 bits per heavy atom. The second-order valence-corrected chi connectivity index (χ2v) is 5.59. The Balaban J connectivity index is 2.16. The predicted molar refractivity (Wildman–Crippen MR) is 80.1 cm³/mol. The predicted octanol–water partition coefficient (Wildman–Crippen LogP) is 3.32. The number of piperidine rings is 1. The van der Waals surface area contributed by atoms with E-state index in [0.717, 1.165) is 40.8 Å². The summed E-state index contributed by atoms with van der Waals surface area (Å²) >= 11 is 2.23. The Morgan fingerprint density at radius 1 is 1.33 bits per heavy atom. The van der Waals surface area contributed by atoms with Crippen molar-refractivity contribution >= 4 is 28.5 Å². The molecule has 1 aromatic rings. The first-order valence-electron chi connectivity index (χ1n) is 6.44. The normalized spacial score (nSPS) is 15.6. The van der Waals surface area contributed by atoms with E-state index in [1.807, 2.05) is 30.0 Å². The van der Waals surface area contributed by atoms with Crippen molar-refractivity contribution in [3.8, 4) is 5.75 Å². The molecule has 0 saturated carbocycles. The Hall–Kier alpha value is -0.780. The Morgan fingerprint density at radius 2 is 2.06 bits per heavy atom. The molecule has 0 N–H and O–H groups in total. The number of hydrogen-bond donors (Lipinski definition) is 0. The van der Waals surface area contributed by atoms with E-state index >= 15 is 0 Å². The maximum Gasteiger partial charge on any atom is 0.253 e. The van der Waals surface area contributed by atoms with Gasteiger partial charge in [0.1, 0.15) is 5.75 Å². The summed E-state index contributed by atoms with van der Waals surface area (Å²) in [6.07, 6.45) is 3.48. The van der Waals surface area contributed by atoms with Crippen LogP contribution in [0, 0.1) is 3.57 Å². The highest BCUT2D eigenvalue weighted by Gasteiger charge is 2.19. The number of benzene rings is 1. The van der Waals surface area contributed by atoms with Gasteiger partial charge in [-0.05, 0) is 67.0 Å². The zero-order valence-electron chi connectivity index (χ0n) is 10.6. The first-order chi connectivity index (χ1) is 8.72. The molecule has 1 aliphatic rings. The van der Waals surface area contributed by atoms with Crippen molar-refractivity contribution in [2.45, 2.75) is 26.2 Å². The van der Waals surface area contributed by atoms with E-state index in [1.165, 1.54) is 6.42 Å². The van der Waals surface area contributed by atoms with E-state index in [9.17, 15) is 4.79 Å². The third-order valence-electron chi connectivity index (χ3n) is 3.12. The molecule has 2 rings (SSSR count). The molecule has 0 unspecified atom stereocenters. The molecule has 0 radical (unpaired) electrons. The minimum atomic E-state index is 0.132. The van der Waals surface area contributed by atoms with Crippen LogP contribution in [0.4, 0.5) is 0 Å². The molecule has 1 fully saturated rings. The van der Waals surface area contributed by atoms with Crippen LogP contribution in [0.15, 0.2) is 18.2 Å². The molecule has 4 heteroatoms. The summed E-state index contributed by atoms with van der Waals surface area (Å²) in [6.45, 7) is 4.34. The van der Waals surface area contributed by atoms with Gasteiger partial charge < -0.3 is 9.64 Å². The topological polar surface area (TPSA) is 29.5 Å². The summed E-state index contributed by atoms with van der Waals surface area (Å²) in [5.41, 5.74) is 0.737. The molecule has 0 bridgehead atoms. The van der Waals surface area contributed by atoms with Crippen molar-refractivity contribution in [3.05, 3.63) is 27.3 Å². The molecule has 1 aromatic carbocycles. The molecule has 0 aliphatic carbocycles. The van der Waals surface area contributed by atoms with E-state index in [0.29, 0.717) is 6.61 Å². The highest BCUT2D eigenvalue weighted by atomic mass is 127. The third kappa shape index (κ3) is 3.16. The second kappa shape index (κ2) is 6.41. The van der Waals surface area contributed by atoms with Crippen LogP contribution in [-0.2, 0) is 0 Å². The van der Waals surface area contributed by atoms with Crippen molar-refractivity contribution in [1.82, 2.24) is 4.90 Å². The molecule has 1 amide bonds. The fourth-order valence-electron chi connectivity index (χ4n) is 2.18. The summed E-state index contributed by atoms with van der Waals surface area (Å²) in [6, 6.07) is 5.70. The van der Waals surface area contributed by atoms with E-state index < -0.39 is 0 Å². The lowest BCUT2D eigenvalue weighted by Crippen LogP contribution is -2.35. The standard InChI is InChI=1S/C14H18INO2/c1-2-18-13-10-11(6-7-12(13)15)14(17)16-8-4-3-5-9-16/h6-7,10H,2-5,8-9H2,1H3. The smallest absolute Gasteiger partial charge is 0.253 e. The average molecular weight is 359 g/mol. The van der Waals surface area contributed by atoms with Gasteiger partial charge in [0.25, 0.3) is 5.91 Å². The minimum absolute atomic E-state index is 0.132. The van der Waals surface area contributed by atoms with Crippen LogP contribution < -0.4 is 4.74 Å². The van der Waals surface area contributed by atoms with Crippen molar-refractivity contribution in [1.29, 1.82) is 0 Å². The van der Waals surface area contributed by atoms with Gasteiger partial charge in [0.15, 0.2) is 0 Å². The Labute approximate surface area is 122 Å². The summed E-state index contributed by atoms with van der Waals surface area (Å²) in [7, 11) is 0. The van der Waals surface area contributed by atoms with Gasteiger partial charge >= 0.3 is 0 Å². The fourth-order valence-corrected chi connectivity index (χ4v) is 2.67. The molecule has 3 nitrogen and oxygen atoms in total.